The Balaban J connectivity index is 2.38. The number of fused-ring (bicyclic) bond motifs is 1. The summed E-state index contributed by atoms with van der Waals surface area (Å²) < 4.78 is 38.4. The molecule has 0 atom stereocenters. The normalized spacial score (nSPS) is 12.2. The predicted octanol–water partition coefficient (Wildman–Crippen LogP) is 3.15. The Labute approximate surface area is 136 Å². The molecule has 4 nitrogen and oxygen atoms in total. The van der Waals surface area contributed by atoms with Crippen LogP contribution in [0.1, 0.15) is 12.2 Å². The van der Waals surface area contributed by atoms with Gasteiger partial charge in [-0.25, -0.2) is 17.8 Å². The number of benzene rings is 1. The summed E-state index contributed by atoms with van der Waals surface area (Å²) in [5.41, 5.74) is 1.33. The second-order valence-corrected chi connectivity index (χ2v) is 8.35. The molecule has 0 saturated heterocycles. The molecule has 21 heavy (non-hydrogen) atoms. The third kappa shape index (κ3) is 4.17. The molecule has 116 valence electrons. The number of hydrogen-bond donors (Lipinski definition) is 0. The van der Waals surface area contributed by atoms with Crippen LogP contribution in [0.5, 0.6) is 0 Å². The van der Waals surface area contributed by atoms with Gasteiger partial charge in [0.15, 0.2) is 0 Å². The number of alkyl halides is 1. The highest BCUT2D eigenvalue weighted by Gasteiger charge is 2.14. The van der Waals surface area contributed by atoms with Crippen molar-refractivity contribution in [3.8, 4) is 0 Å². The first-order valence-corrected chi connectivity index (χ1v) is 9.78. The maximum atomic E-state index is 13.7. The standard InChI is InChI=1S/C13H15BrClFN2O2S/c1-21(19,20)6-2-5-18-12-8-10(16)9(14)7-11(12)17-13(18)3-4-15/h7-8H,2-6H2,1H3. The van der Waals surface area contributed by atoms with E-state index in [-0.39, 0.29) is 11.6 Å². The first-order chi connectivity index (χ1) is 9.81. The Bertz CT molecular complexity index is 761. The third-order valence-corrected chi connectivity index (χ3v) is 4.91. The van der Waals surface area contributed by atoms with E-state index < -0.39 is 9.84 Å². The molecule has 0 spiro atoms. The summed E-state index contributed by atoms with van der Waals surface area (Å²) >= 11 is 8.91. The molecule has 0 aliphatic heterocycles. The molecule has 0 aliphatic rings. The van der Waals surface area contributed by atoms with Crippen molar-refractivity contribution in [1.29, 1.82) is 0 Å². The van der Waals surface area contributed by atoms with E-state index in [0.29, 0.717) is 40.8 Å². The molecule has 0 bridgehead atoms. The van der Waals surface area contributed by atoms with E-state index in [4.69, 9.17) is 11.6 Å². The smallest absolute Gasteiger partial charge is 0.147 e. The number of sulfone groups is 1. The van der Waals surface area contributed by atoms with Crippen LogP contribution >= 0.6 is 27.5 Å². The lowest BCUT2D eigenvalue weighted by Gasteiger charge is -2.08. The van der Waals surface area contributed by atoms with Crippen molar-refractivity contribution >= 4 is 48.4 Å². The molecule has 1 aromatic carbocycles. The number of aryl methyl sites for hydroxylation is 2. The summed E-state index contributed by atoms with van der Waals surface area (Å²) in [5, 5.41) is 0. The van der Waals surface area contributed by atoms with E-state index in [1.54, 1.807) is 6.07 Å². The molecule has 0 radical (unpaired) electrons. The van der Waals surface area contributed by atoms with Gasteiger partial charge in [0.25, 0.3) is 0 Å². The first kappa shape index (κ1) is 16.7. The zero-order chi connectivity index (χ0) is 15.6. The second kappa shape index (κ2) is 6.62. The van der Waals surface area contributed by atoms with E-state index in [1.165, 1.54) is 12.3 Å². The van der Waals surface area contributed by atoms with Crippen LogP contribution in [0.25, 0.3) is 11.0 Å². The molecule has 2 aromatic rings. The van der Waals surface area contributed by atoms with Crippen molar-refractivity contribution in [2.24, 2.45) is 0 Å². The number of aromatic nitrogens is 2. The largest absolute Gasteiger partial charge is 0.328 e. The summed E-state index contributed by atoms with van der Waals surface area (Å²) in [6.07, 6.45) is 2.21. The number of imidazole rings is 1. The van der Waals surface area contributed by atoms with Crippen LogP contribution < -0.4 is 0 Å². The minimum Gasteiger partial charge on any atom is -0.328 e. The lowest BCUT2D eigenvalue weighted by Crippen LogP contribution is -2.10. The van der Waals surface area contributed by atoms with Crippen molar-refractivity contribution in [3.05, 3.63) is 28.2 Å². The van der Waals surface area contributed by atoms with Gasteiger partial charge in [0.05, 0.1) is 21.3 Å². The molecular weight excluding hydrogens is 383 g/mol. The molecule has 0 aliphatic carbocycles. The maximum Gasteiger partial charge on any atom is 0.147 e. The van der Waals surface area contributed by atoms with Crippen molar-refractivity contribution in [2.45, 2.75) is 19.4 Å². The highest BCUT2D eigenvalue weighted by molar-refractivity contribution is 9.10. The van der Waals surface area contributed by atoms with E-state index in [2.05, 4.69) is 20.9 Å². The Kier molecular flexibility index (Phi) is 5.27. The van der Waals surface area contributed by atoms with Gasteiger partial charge in [-0.2, -0.15) is 0 Å². The van der Waals surface area contributed by atoms with Gasteiger partial charge in [-0.3, -0.25) is 0 Å². The van der Waals surface area contributed by atoms with E-state index >= 15 is 0 Å². The predicted molar refractivity (Wildman–Crippen MR) is 86.1 cm³/mol. The Morgan fingerprint density at radius 1 is 1.43 bits per heavy atom. The van der Waals surface area contributed by atoms with Gasteiger partial charge in [0.1, 0.15) is 21.5 Å². The van der Waals surface area contributed by atoms with Crippen LogP contribution in [0.3, 0.4) is 0 Å². The molecule has 0 N–H and O–H groups in total. The summed E-state index contributed by atoms with van der Waals surface area (Å²) in [6.45, 7) is 0.469. The van der Waals surface area contributed by atoms with Gasteiger partial charge in [-0.15, -0.1) is 11.6 Å². The summed E-state index contributed by atoms with van der Waals surface area (Å²) in [5.74, 6) is 0.862. The summed E-state index contributed by atoms with van der Waals surface area (Å²) in [6, 6.07) is 3.03. The van der Waals surface area contributed by atoms with Crippen molar-refractivity contribution in [2.75, 3.05) is 17.9 Å². The summed E-state index contributed by atoms with van der Waals surface area (Å²) in [7, 11) is -3.01. The Hall–Kier alpha value is -0.660. The molecule has 2 rings (SSSR count). The quantitative estimate of drug-likeness (QED) is 0.704. The number of halogens is 3. The van der Waals surface area contributed by atoms with Crippen molar-refractivity contribution in [3.63, 3.8) is 0 Å². The summed E-state index contributed by atoms with van der Waals surface area (Å²) in [4.78, 5) is 4.45. The van der Waals surface area contributed by atoms with Crippen LogP contribution in [0.15, 0.2) is 16.6 Å². The number of rotatable bonds is 6. The topological polar surface area (TPSA) is 52.0 Å². The maximum absolute atomic E-state index is 13.7. The molecule has 1 aromatic heterocycles. The SMILES string of the molecule is CS(=O)(=O)CCCn1c(CCCl)nc2cc(Br)c(F)cc21. The van der Waals surface area contributed by atoms with Gasteiger partial charge in [0.2, 0.25) is 0 Å². The lowest BCUT2D eigenvalue weighted by molar-refractivity contribution is 0.589. The molecule has 0 saturated carbocycles. The minimum atomic E-state index is -3.01. The van der Waals surface area contributed by atoms with E-state index in [9.17, 15) is 12.8 Å². The van der Waals surface area contributed by atoms with Gasteiger partial charge in [-0.05, 0) is 28.4 Å². The zero-order valence-electron chi connectivity index (χ0n) is 11.4. The Morgan fingerprint density at radius 2 is 2.14 bits per heavy atom. The van der Waals surface area contributed by atoms with Gasteiger partial charge >= 0.3 is 0 Å². The molecule has 8 heteroatoms. The average Bonchev–Trinajstić information content (AvgIpc) is 2.67. The van der Waals surface area contributed by atoms with Crippen molar-refractivity contribution < 1.29 is 12.8 Å². The third-order valence-electron chi connectivity index (χ3n) is 3.08. The fourth-order valence-corrected chi connectivity index (χ4v) is 3.33. The molecule has 0 unspecified atom stereocenters. The molecule has 0 amide bonds. The highest BCUT2D eigenvalue weighted by atomic mass is 79.9. The van der Waals surface area contributed by atoms with E-state index in [1.807, 2.05) is 4.57 Å². The fourth-order valence-electron chi connectivity index (χ4n) is 2.18. The zero-order valence-corrected chi connectivity index (χ0v) is 14.6. The highest BCUT2D eigenvalue weighted by Crippen LogP contribution is 2.25. The van der Waals surface area contributed by atoms with Gasteiger partial charge < -0.3 is 4.57 Å². The molecule has 0 fully saturated rings. The molecular formula is C13H15BrClFN2O2S. The monoisotopic (exact) mass is 396 g/mol. The number of hydrogen-bond acceptors (Lipinski definition) is 3. The minimum absolute atomic E-state index is 0.0893. The van der Waals surface area contributed by atoms with Gasteiger partial charge in [-0.1, -0.05) is 0 Å². The number of nitrogens with zero attached hydrogens (tertiary/aromatic N) is 2. The average molecular weight is 398 g/mol. The van der Waals surface area contributed by atoms with Crippen LogP contribution in [-0.4, -0.2) is 35.9 Å². The van der Waals surface area contributed by atoms with Crippen molar-refractivity contribution in [1.82, 2.24) is 9.55 Å². The molecule has 1 heterocycles. The first-order valence-electron chi connectivity index (χ1n) is 6.39. The van der Waals surface area contributed by atoms with Crippen LogP contribution in [0, 0.1) is 5.82 Å². The lowest BCUT2D eigenvalue weighted by atomic mass is 10.3. The van der Waals surface area contributed by atoms with Crippen LogP contribution in [0.4, 0.5) is 4.39 Å². The van der Waals surface area contributed by atoms with Gasteiger partial charge in [0, 0.05) is 31.2 Å². The van der Waals surface area contributed by atoms with E-state index in [0.717, 1.165) is 5.82 Å². The fraction of sp³-hybridized carbons (Fsp3) is 0.462. The second-order valence-electron chi connectivity index (χ2n) is 4.86. The van der Waals surface area contributed by atoms with Crippen LogP contribution in [-0.2, 0) is 22.8 Å². The van der Waals surface area contributed by atoms with Crippen LogP contribution in [0.2, 0.25) is 0 Å². The Morgan fingerprint density at radius 3 is 2.76 bits per heavy atom.